The van der Waals surface area contributed by atoms with Crippen LogP contribution in [-0.2, 0) is 22.5 Å². The van der Waals surface area contributed by atoms with Crippen molar-refractivity contribution in [2.75, 3.05) is 43.6 Å². The molecule has 0 spiro atoms. The van der Waals surface area contributed by atoms with Crippen LogP contribution in [0.5, 0.6) is 0 Å². The maximum atomic E-state index is 13.1. The molecule has 3 aromatic heterocycles. The van der Waals surface area contributed by atoms with E-state index >= 15 is 0 Å². The average molecular weight is 541 g/mol. The number of pyridine rings is 2. The largest absolute Gasteiger partial charge is 0.380 e. The van der Waals surface area contributed by atoms with Gasteiger partial charge < -0.3 is 19.9 Å². The van der Waals surface area contributed by atoms with Crippen LogP contribution in [0.4, 0.5) is 17.6 Å². The van der Waals surface area contributed by atoms with Gasteiger partial charge in [0.1, 0.15) is 11.3 Å². The summed E-state index contributed by atoms with van der Waals surface area (Å²) in [4.78, 5) is 39.6. The van der Waals surface area contributed by atoms with Gasteiger partial charge in [0.15, 0.2) is 5.82 Å². The molecule has 8 heterocycles. The molecule has 5 aliphatic heterocycles. The summed E-state index contributed by atoms with van der Waals surface area (Å²) in [6, 6.07) is 7.34. The van der Waals surface area contributed by atoms with Crippen molar-refractivity contribution in [1.82, 2.24) is 29.7 Å². The molecule has 1 N–H and O–H groups in total. The van der Waals surface area contributed by atoms with Gasteiger partial charge in [-0.25, -0.2) is 19.9 Å². The lowest BCUT2D eigenvalue weighted by atomic mass is 10.0. The number of fused-ring (bicyclic) bond motifs is 4. The topological polar surface area (TPSA) is 99.6 Å². The van der Waals surface area contributed by atoms with E-state index in [9.17, 15) is 4.79 Å². The molecule has 4 saturated heterocycles. The Labute approximate surface area is 234 Å². The first kappa shape index (κ1) is 24.4. The Morgan fingerprint density at radius 1 is 1.02 bits per heavy atom. The zero-order valence-electron chi connectivity index (χ0n) is 23.1. The van der Waals surface area contributed by atoms with Gasteiger partial charge in [0.2, 0.25) is 11.9 Å². The summed E-state index contributed by atoms with van der Waals surface area (Å²) >= 11 is 0. The minimum atomic E-state index is 0.0220. The van der Waals surface area contributed by atoms with Gasteiger partial charge >= 0.3 is 0 Å². The highest BCUT2D eigenvalue weighted by Crippen LogP contribution is 2.43. The summed E-state index contributed by atoms with van der Waals surface area (Å²) < 4.78 is 5.47. The van der Waals surface area contributed by atoms with E-state index in [1.165, 1.54) is 25.7 Å². The summed E-state index contributed by atoms with van der Waals surface area (Å²) in [5, 5.41) is 4.39. The molecular weight excluding hydrogens is 504 g/mol. The van der Waals surface area contributed by atoms with Crippen molar-refractivity contribution >= 4 is 34.4 Å². The lowest BCUT2D eigenvalue weighted by Crippen LogP contribution is -2.46. The number of ether oxygens (including phenoxy) is 1. The van der Waals surface area contributed by atoms with Crippen LogP contribution in [0.3, 0.4) is 0 Å². The van der Waals surface area contributed by atoms with Crippen LogP contribution < -0.4 is 10.2 Å². The summed E-state index contributed by atoms with van der Waals surface area (Å²) in [5.74, 6) is 2.87. The molecule has 208 valence electrons. The van der Waals surface area contributed by atoms with Gasteiger partial charge in [-0.3, -0.25) is 9.69 Å². The molecule has 5 aliphatic rings. The Morgan fingerprint density at radius 3 is 2.58 bits per heavy atom. The van der Waals surface area contributed by atoms with Gasteiger partial charge in [-0.05, 0) is 69.8 Å². The molecule has 2 bridgehead atoms. The highest BCUT2D eigenvalue weighted by molar-refractivity contribution is 5.90. The van der Waals surface area contributed by atoms with Gasteiger partial charge in [-0.2, -0.15) is 0 Å². The summed E-state index contributed by atoms with van der Waals surface area (Å²) in [6.07, 6.45) is 9.67. The smallest absolute Gasteiger partial charge is 0.240 e. The molecule has 4 fully saturated rings. The third-order valence-electron chi connectivity index (χ3n) is 9.73. The summed E-state index contributed by atoms with van der Waals surface area (Å²) in [6.45, 7) is 3.81. The highest BCUT2D eigenvalue weighted by atomic mass is 16.5. The van der Waals surface area contributed by atoms with Crippen molar-refractivity contribution in [3.63, 3.8) is 0 Å². The number of anilines is 3. The molecule has 1 amide bonds. The van der Waals surface area contributed by atoms with Gasteiger partial charge in [0.25, 0.3) is 0 Å². The zero-order chi connectivity index (χ0) is 26.8. The van der Waals surface area contributed by atoms with Crippen LogP contribution in [0.25, 0.3) is 10.9 Å². The minimum Gasteiger partial charge on any atom is -0.380 e. The van der Waals surface area contributed by atoms with E-state index in [0.717, 1.165) is 78.5 Å². The number of hydrogen-bond donors (Lipinski definition) is 1. The van der Waals surface area contributed by atoms with Crippen molar-refractivity contribution in [3.8, 4) is 0 Å². The Hall–Kier alpha value is -3.37. The number of carbonyl (C=O) groups is 1. The summed E-state index contributed by atoms with van der Waals surface area (Å²) in [7, 11) is 2.05. The number of carbonyl (C=O) groups excluding carboxylic acids is 1. The van der Waals surface area contributed by atoms with E-state index in [0.29, 0.717) is 37.0 Å². The molecule has 10 heteroatoms. The quantitative estimate of drug-likeness (QED) is 0.522. The fraction of sp³-hybridized carbons (Fsp3) is 0.567. The van der Waals surface area contributed by atoms with Crippen molar-refractivity contribution in [1.29, 1.82) is 0 Å². The number of aromatic nitrogens is 4. The molecule has 0 saturated carbocycles. The van der Waals surface area contributed by atoms with Crippen LogP contribution in [-0.4, -0.2) is 87.1 Å². The van der Waals surface area contributed by atoms with Crippen molar-refractivity contribution in [3.05, 3.63) is 41.3 Å². The number of amides is 1. The number of likely N-dealkylation sites (N-methyl/N-ethyl adjacent to an activating group) is 1. The highest BCUT2D eigenvalue weighted by Gasteiger charge is 2.41. The first-order chi connectivity index (χ1) is 19.6. The van der Waals surface area contributed by atoms with Crippen LogP contribution in [0, 0.1) is 0 Å². The lowest BCUT2D eigenvalue weighted by Gasteiger charge is -2.32. The second-order valence-corrected chi connectivity index (χ2v) is 12.2. The maximum absolute atomic E-state index is 13.1. The van der Waals surface area contributed by atoms with Gasteiger partial charge in [0.05, 0.1) is 24.9 Å². The van der Waals surface area contributed by atoms with E-state index in [2.05, 4.69) is 39.3 Å². The summed E-state index contributed by atoms with van der Waals surface area (Å²) in [5.41, 5.74) is 4.16. The number of likely N-dealkylation sites (tertiary alicyclic amines) is 1. The molecule has 0 aliphatic carbocycles. The monoisotopic (exact) mass is 540 g/mol. The zero-order valence-corrected chi connectivity index (χ0v) is 23.1. The fourth-order valence-electron chi connectivity index (χ4n) is 7.38. The first-order valence-corrected chi connectivity index (χ1v) is 14.9. The first-order valence-electron chi connectivity index (χ1n) is 14.9. The molecule has 40 heavy (non-hydrogen) atoms. The van der Waals surface area contributed by atoms with Crippen molar-refractivity contribution in [2.45, 2.75) is 75.5 Å². The van der Waals surface area contributed by atoms with Crippen LogP contribution in [0.2, 0.25) is 0 Å². The third kappa shape index (κ3) is 4.11. The molecule has 1 atom stereocenters. The molecular formula is C30H36N8O2. The minimum absolute atomic E-state index is 0.0220. The second kappa shape index (κ2) is 9.62. The van der Waals surface area contributed by atoms with Gasteiger partial charge in [0, 0.05) is 54.8 Å². The van der Waals surface area contributed by atoms with Gasteiger partial charge in [-0.15, -0.1) is 0 Å². The van der Waals surface area contributed by atoms with Crippen LogP contribution >= 0.6 is 0 Å². The normalized spacial score (nSPS) is 26.4. The van der Waals surface area contributed by atoms with Crippen molar-refractivity contribution < 1.29 is 9.53 Å². The van der Waals surface area contributed by atoms with Gasteiger partial charge in [-0.1, -0.05) is 6.07 Å². The van der Waals surface area contributed by atoms with E-state index in [1.54, 1.807) is 0 Å². The van der Waals surface area contributed by atoms with Crippen molar-refractivity contribution in [2.24, 2.45) is 0 Å². The lowest BCUT2D eigenvalue weighted by molar-refractivity contribution is -0.136. The van der Waals surface area contributed by atoms with Crippen LogP contribution in [0.1, 0.15) is 61.4 Å². The number of hydrogen-bond acceptors (Lipinski definition) is 9. The predicted molar refractivity (Wildman–Crippen MR) is 152 cm³/mol. The van der Waals surface area contributed by atoms with E-state index < -0.39 is 0 Å². The number of nitrogens with one attached hydrogen (secondary N) is 1. The predicted octanol–water partition coefficient (Wildman–Crippen LogP) is 3.39. The standard InChI is InChI=1S/C30H36N8O2/c1-36-11-2-3-25(36)29(39)37-12-10-23-18(15-37)4-9-26(32-23)34-30-31-14-19-13-24(20-16-40-17-20)33-28(27(19)35-30)38-21-5-6-22(38)8-7-21/h4,9,13-14,20-22,25H,2-3,5-8,10-12,15-17H2,1H3,(H,31,32,34,35)/t21?,22?,25-/m1/s1. The average Bonchev–Trinajstić information content (AvgIpc) is 3.67. The maximum Gasteiger partial charge on any atom is 0.240 e. The van der Waals surface area contributed by atoms with E-state index in [-0.39, 0.29) is 11.9 Å². The number of nitrogens with zero attached hydrogens (tertiary/aromatic N) is 7. The molecule has 3 aromatic rings. The molecule has 10 nitrogen and oxygen atoms in total. The Kier molecular flexibility index (Phi) is 5.88. The number of rotatable bonds is 5. The molecule has 0 radical (unpaired) electrons. The molecule has 0 unspecified atom stereocenters. The third-order valence-corrected chi connectivity index (χ3v) is 9.73. The Morgan fingerprint density at radius 2 is 1.85 bits per heavy atom. The second-order valence-electron chi connectivity index (χ2n) is 12.2. The van der Waals surface area contributed by atoms with E-state index in [1.807, 2.05) is 17.2 Å². The molecule has 8 rings (SSSR count). The SMILES string of the molecule is CN1CCC[C@@H]1C(=O)N1CCc2nc(Nc3ncc4cc(C5COC5)nc(N5C6CCC5CC6)c4n3)ccc2C1. The Balaban J connectivity index is 1.05. The fourth-order valence-corrected chi connectivity index (χ4v) is 7.38. The molecule has 0 aromatic carbocycles. The van der Waals surface area contributed by atoms with E-state index in [4.69, 9.17) is 19.7 Å². The van der Waals surface area contributed by atoms with Crippen LogP contribution in [0.15, 0.2) is 24.4 Å². The Bertz CT molecular complexity index is 1460.